The molecule has 2 N–H and O–H groups in total. The van der Waals surface area contributed by atoms with Crippen LogP contribution in [0.1, 0.15) is 35.6 Å². The summed E-state index contributed by atoms with van der Waals surface area (Å²) in [6.45, 7) is 0.341. The van der Waals surface area contributed by atoms with E-state index >= 15 is 0 Å². The standard InChI is InChI=1S/C20H20Cl2O5/c21-13-8-14(22)10-16(9-13)26-11-17-12(4-6-18(17)23)2-1-3-15-5-7-19(27-15)20(24)25/h4-5,7-10,17-18,23H,1-3,6,11H2,(H,24,25)/t17-,18-/m1/s1. The molecule has 0 saturated carbocycles. The summed E-state index contributed by atoms with van der Waals surface area (Å²) in [6, 6.07) is 8.16. The first kappa shape index (κ1) is 19.8. The van der Waals surface area contributed by atoms with E-state index in [1.165, 1.54) is 6.07 Å². The van der Waals surface area contributed by atoms with Gasteiger partial charge in [0.05, 0.1) is 12.7 Å². The molecule has 2 atom stereocenters. The molecule has 0 bridgehead atoms. The second kappa shape index (κ2) is 8.83. The number of aliphatic hydroxyl groups is 1. The summed E-state index contributed by atoms with van der Waals surface area (Å²) in [4.78, 5) is 10.8. The highest BCUT2D eigenvalue weighted by Gasteiger charge is 2.28. The summed E-state index contributed by atoms with van der Waals surface area (Å²) in [6.07, 6.45) is 4.39. The topological polar surface area (TPSA) is 79.9 Å². The lowest BCUT2D eigenvalue weighted by Crippen LogP contribution is -2.23. The van der Waals surface area contributed by atoms with Crippen molar-refractivity contribution in [2.75, 3.05) is 6.61 Å². The minimum atomic E-state index is -1.07. The monoisotopic (exact) mass is 410 g/mol. The fraction of sp³-hybridized carbons (Fsp3) is 0.350. The molecule has 3 rings (SSSR count). The lowest BCUT2D eigenvalue weighted by atomic mass is 9.96. The Morgan fingerprint density at radius 3 is 2.59 bits per heavy atom. The number of hydrogen-bond acceptors (Lipinski definition) is 4. The number of ether oxygens (including phenoxy) is 1. The minimum absolute atomic E-state index is 0.0491. The van der Waals surface area contributed by atoms with Crippen LogP contribution in [0.4, 0.5) is 0 Å². The largest absolute Gasteiger partial charge is 0.493 e. The number of hydrogen-bond donors (Lipinski definition) is 2. The van der Waals surface area contributed by atoms with E-state index in [0.717, 1.165) is 18.4 Å². The van der Waals surface area contributed by atoms with E-state index in [1.807, 2.05) is 0 Å². The van der Waals surface area contributed by atoms with Crippen molar-refractivity contribution < 1.29 is 24.2 Å². The predicted octanol–water partition coefficient (Wildman–Crippen LogP) is 4.99. The molecular formula is C20H20Cl2O5. The summed E-state index contributed by atoms with van der Waals surface area (Å²) in [5.74, 6) is 0.0118. The van der Waals surface area contributed by atoms with E-state index in [0.29, 0.717) is 41.0 Å². The third-order valence-electron chi connectivity index (χ3n) is 4.59. The Morgan fingerprint density at radius 2 is 1.93 bits per heavy atom. The van der Waals surface area contributed by atoms with Gasteiger partial charge in [0.25, 0.3) is 0 Å². The fourth-order valence-electron chi connectivity index (χ4n) is 3.23. The van der Waals surface area contributed by atoms with Gasteiger partial charge in [-0.2, -0.15) is 0 Å². The highest BCUT2D eigenvalue weighted by molar-refractivity contribution is 6.34. The average molecular weight is 411 g/mol. The molecule has 1 aromatic heterocycles. The molecule has 0 unspecified atom stereocenters. The molecule has 1 aliphatic carbocycles. The van der Waals surface area contributed by atoms with E-state index in [1.54, 1.807) is 24.3 Å². The van der Waals surface area contributed by atoms with Gasteiger partial charge in [-0.15, -0.1) is 0 Å². The number of halogens is 2. The molecule has 144 valence electrons. The molecule has 1 aliphatic rings. The van der Waals surface area contributed by atoms with Crippen LogP contribution in [-0.2, 0) is 6.42 Å². The van der Waals surface area contributed by atoms with Gasteiger partial charge in [-0.25, -0.2) is 4.79 Å². The van der Waals surface area contributed by atoms with E-state index in [4.69, 9.17) is 37.5 Å². The molecule has 0 saturated heterocycles. The Hall–Kier alpha value is -1.95. The van der Waals surface area contributed by atoms with Crippen molar-refractivity contribution in [1.29, 1.82) is 0 Å². The summed E-state index contributed by atoms with van der Waals surface area (Å²) >= 11 is 12.0. The zero-order valence-corrected chi connectivity index (χ0v) is 16.0. The summed E-state index contributed by atoms with van der Waals surface area (Å²) in [5.41, 5.74) is 1.14. The van der Waals surface area contributed by atoms with Crippen molar-refractivity contribution in [2.24, 2.45) is 5.92 Å². The van der Waals surface area contributed by atoms with E-state index in [-0.39, 0.29) is 11.7 Å². The number of benzene rings is 1. The maximum Gasteiger partial charge on any atom is 0.371 e. The Morgan fingerprint density at radius 1 is 1.19 bits per heavy atom. The Kier molecular flexibility index (Phi) is 6.47. The lowest BCUT2D eigenvalue weighted by molar-refractivity contribution is 0.0660. The molecule has 7 heteroatoms. The lowest BCUT2D eigenvalue weighted by Gasteiger charge is -2.20. The molecule has 0 fully saturated rings. The fourth-order valence-corrected chi connectivity index (χ4v) is 3.74. The van der Waals surface area contributed by atoms with Crippen molar-refractivity contribution in [2.45, 2.75) is 31.8 Å². The van der Waals surface area contributed by atoms with E-state index in [2.05, 4.69) is 6.08 Å². The number of rotatable bonds is 8. The first-order chi connectivity index (χ1) is 12.9. The van der Waals surface area contributed by atoms with Crippen molar-refractivity contribution in [1.82, 2.24) is 0 Å². The van der Waals surface area contributed by atoms with Gasteiger partial charge in [-0.3, -0.25) is 0 Å². The summed E-state index contributed by atoms with van der Waals surface area (Å²) in [5, 5.41) is 20.1. The third kappa shape index (κ3) is 5.28. The molecular weight excluding hydrogens is 391 g/mol. The molecule has 2 aromatic rings. The number of furan rings is 1. The van der Waals surface area contributed by atoms with Crippen LogP contribution < -0.4 is 4.74 Å². The second-order valence-electron chi connectivity index (χ2n) is 6.53. The van der Waals surface area contributed by atoms with Crippen LogP contribution in [0.5, 0.6) is 5.75 Å². The Bertz CT molecular complexity index is 822. The van der Waals surface area contributed by atoms with Gasteiger partial charge in [-0.1, -0.05) is 34.9 Å². The number of carboxylic acids is 1. The van der Waals surface area contributed by atoms with Crippen LogP contribution >= 0.6 is 23.2 Å². The van der Waals surface area contributed by atoms with Crippen molar-refractivity contribution in [3.05, 3.63) is 63.5 Å². The number of aliphatic hydroxyl groups excluding tert-OH is 1. The normalized spacial score (nSPS) is 19.1. The number of aryl methyl sites for hydroxylation is 1. The third-order valence-corrected chi connectivity index (χ3v) is 5.03. The SMILES string of the molecule is O=C(O)c1ccc(CCCC2=CC[C@@H](O)[C@@H]2COc2cc(Cl)cc(Cl)c2)o1. The van der Waals surface area contributed by atoms with Gasteiger partial charge in [0.15, 0.2) is 0 Å². The van der Waals surface area contributed by atoms with Crippen LogP contribution in [0.3, 0.4) is 0 Å². The molecule has 0 aliphatic heterocycles. The molecule has 27 heavy (non-hydrogen) atoms. The van der Waals surface area contributed by atoms with Crippen molar-refractivity contribution in [3.63, 3.8) is 0 Å². The number of carbonyl (C=O) groups is 1. The van der Waals surface area contributed by atoms with Crippen LogP contribution in [0.2, 0.25) is 10.0 Å². The quantitative estimate of drug-likeness (QED) is 0.598. The first-order valence-corrected chi connectivity index (χ1v) is 9.46. The zero-order valence-electron chi connectivity index (χ0n) is 14.5. The van der Waals surface area contributed by atoms with Crippen LogP contribution in [0.15, 0.2) is 46.4 Å². The molecule has 1 heterocycles. The van der Waals surface area contributed by atoms with Gasteiger partial charge < -0.3 is 19.4 Å². The smallest absolute Gasteiger partial charge is 0.371 e. The maximum absolute atomic E-state index is 10.8. The van der Waals surface area contributed by atoms with Crippen molar-refractivity contribution in [3.8, 4) is 5.75 Å². The van der Waals surface area contributed by atoms with Crippen LogP contribution in [0, 0.1) is 5.92 Å². The average Bonchev–Trinajstić information content (AvgIpc) is 3.20. The van der Waals surface area contributed by atoms with Crippen molar-refractivity contribution >= 4 is 29.2 Å². The number of aromatic carboxylic acids is 1. The van der Waals surface area contributed by atoms with Gasteiger partial charge in [0, 0.05) is 22.4 Å². The van der Waals surface area contributed by atoms with E-state index < -0.39 is 12.1 Å². The van der Waals surface area contributed by atoms with Crippen LogP contribution in [-0.4, -0.2) is 28.9 Å². The number of carboxylic acid groups (broad SMARTS) is 1. The van der Waals surface area contributed by atoms with Gasteiger partial charge in [-0.05, 0) is 49.6 Å². The minimum Gasteiger partial charge on any atom is -0.493 e. The first-order valence-electron chi connectivity index (χ1n) is 8.70. The summed E-state index contributed by atoms with van der Waals surface area (Å²) in [7, 11) is 0. The van der Waals surface area contributed by atoms with Gasteiger partial charge >= 0.3 is 5.97 Å². The van der Waals surface area contributed by atoms with Crippen LogP contribution in [0.25, 0.3) is 0 Å². The predicted molar refractivity (Wildman–Crippen MR) is 103 cm³/mol. The van der Waals surface area contributed by atoms with Gasteiger partial charge in [0.2, 0.25) is 5.76 Å². The molecule has 1 aromatic carbocycles. The molecule has 5 nitrogen and oxygen atoms in total. The maximum atomic E-state index is 10.8. The zero-order chi connectivity index (χ0) is 19.4. The highest BCUT2D eigenvalue weighted by Crippen LogP contribution is 2.32. The molecule has 0 amide bonds. The molecule has 0 radical (unpaired) electrons. The second-order valence-corrected chi connectivity index (χ2v) is 7.40. The summed E-state index contributed by atoms with van der Waals surface area (Å²) < 4.78 is 11.1. The Balaban J connectivity index is 1.52. The van der Waals surface area contributed by atoms with E-state index in [9.17, 15) is 9.90 Å². The Labute approximate surface area is 167 Å². The highest BCUT2D eigenvalue weighted by atomic mass is 35.5. The van der Waals surface area contributed by atoms with Gasteiger partial charge in [0.1, 0.15) is 11.5 Å². The molecule has 0 spiro atoms.